The van der Waals surface area contributed by atoms with Crippen molar-refractivity contribution < 1.29 is 0 Å². The number of benzene rings is 2. The van der Waals surface area contributed by atoms with Crippen molar-refractivity contribution in [1.29, 1.82) is 0 Å². The molecule has 0 atom stereocenters. The summed E-state index contributed by atoms with van der Waals surface area (Å²) in [6, 6.07) is 17.2. The summed E-state index contributed by atoms with van der Waals surface area (Å²) >= 11 is 0. The molecule has 2 rings (SSSR count). The van der Waals surface area contributed by atoms with Gasteiger partial charge in [0.05, 0.1) is 5.54 Å². The Morgan fingerprint density at radius 3 is 1.67 bits per heavy atom. The van der Waals surface area contributed by atoms with E-state index in [0.717, 1.165) is 5.69 Å². The van der Waals surface area contributed by atoms with Crippen LogP contribution in [-0.2, 0) is 5.54 Å². The molecule has 1 heteroatoms. The minimum atomic E-state index is -0.0665. The summed E-state index contributed by atoms with van der Waals surface area (Å²) in [4.78, 5) is 0. The molecule has 0 aromatic heterocycles. The van der Waals surface area contributed by atoms with Crippen LogP contribution in [0.25, 0.3) is 0 Å². The molecule has 0 radical (unpaired) electrons. The van der Waals surface area contributed by atoms with Crippen molar-refractivity contribution in [3.8, 4) is 0 Å². The number of anilines is 1. The second-order valence-corrected chi connectivity index (χ2v) is 5.48. The predicted octanol–water partition coefficient (Wildman–Crippen LogP) is 4.65. The molecular formula is C17H21N. The Balaban J connectivity index is 2.20. The van der Waals surface area contributed by atoms with E-state index in [1.807, 2.05) is 0 Å². The highest BCUT2D eigenvalue weighted by molar-refractivity contribution is 5.48. The molecule has 0 aliphatic rings. The first kappa shape index (κ1) is 12.7. The van der Waals surface area contributed by atoms with E-state index in [1.165, 1.54) is 16.7 Å². The Morgan fingerprint density at radius 2 is 1.17 bits per heavy atom. The van der Waals surface area contributed by atoms with Gasteiger partial charge in [0, 0.05) is 5.69 Å². The molecule has 0 heterocycles. The van der Waals surface area contributed by atoms with Crippen LogP contribution >= 0.6 is 0 Å². The lowest BCUT2D eigenvalue weighted by molar-refractivity contribution is 0.609. The van der Waals surface area contributed by atoms with Crippen LogP contribution in [0, 0.1) is 13.8 Å². The van der Waals surface area contributed by atoms with Gasteiger partial charge in [0.25, 0.3) is 0 Å². The second-order valence-electron chi connectivity index (χ2n) is 5.48. The van der Waals surface area contributed by atoms with Gasteiger partial charge in [-0.3, -0.25) is 0 Å². The molecule has 0 amide bonds. The monoisotopic (exact) mass is 239 g/mol. The molecular weight excluding hydrogens is 218 g/mol. The van der Waals surface area contributed by atoms with E-state index in [4.69, 9.17) is 0 Å². The fourth-order valence-corrected chi connectivity index (χ4v) is 2.04. The highest BCUT2D eigenvalue weighted by Gasteiger charge is 2.19. The Kier molecular flexibility index (Phi) is 3.42. The van der Waals surface area contributed by atoms with Gasteiger partial charge in [-0.2, -0.15) is 0 Å². The standard InChI is InChI=1S/C17H21N/c1-13-5-9-15(10-6-13)17(3,4)18-16-11-7-14(2)8-12-16/h5-12,18H,1-4H3. The van der Waals surface area contributed by atoms with E-state index in [2.05, 4.69) is 81.5 Å². The van der Waals surface area contributed by atoms with Gasteiger partial charge in [-0.15, -0.1) is 0 Å². The summed E-state index contributed by atoms with van der Waals surface area (Å²) < 4.78 is 0. The fourth-order valence-electron chi connectivity index (χ4n) is 2.04. The third-order valence-corrected chi connectivity index (χ3v) is 3.28. The second kappa shape index (κ2) is 4.85. The smallest absolute Gasteiger partial charge is 0.0569 e. The van der Waals surface area contributed by atoms with Gasteiger partial charge in [-0.1, -0.05) is 47.5 Å². The fraction of sp³-hybridized carbons (Fsp3) is 0.294. The molecule has 0 saturated carbocycles. The van der Waals surface area contributed by atoms with Crippen LogP contribution in [-0.4, -0.2) is 0 Å². The zero-order chi connectivity index (χ0) is 13.2. The predicted molar refractivity (Wildman–Crippen MR) is 79.0 cm³/mol. The Morgan fingerprint density at radius 1 is 0.722 bits per heavy atom. The Labute approximate surface area is 110 Å². The van der Waals surface area contributed by atoms with Gasteiger partial charge in [0.2, 0.25) is 0 Å². The number of aryl methyl sites for hydroxylation is 2. The molecule has 0 aliphatic carbocycles. The van der Waals surface area contributed by atoms with E-state index in [-0.39, 0.29) is 5.54 Å². The highest BCUT2D eigenvalue weighted by Crippen LogP contribution is 2.25. The van der Waals surface area contributed by atoms with Crippen LogP contribution in [0.4, 0.5) is 5.69 Å². The first-order valence-electron chi connectivity index (χ1n) is 6.39. The van der Waals surface area contributed by atoms with E-state index >= 15 is 0 Å². The maximum Gasteiger partial charge on any atom is 0.0569 e. The highest BCUT2D eigenvalue weighted by atomic mass is 15.0. The molecule has 2 aromatic rings. The molecule has 0 bridgehead atoms. The van der Waals surface area contributed by atoms with Crippen LogP contribution < -0.4 is 5.32 Å². The van der Waals surface area contributed by atoms with Crippen LogP contribution in [0.5, 0.6) is 0 Å². The van der Waals surface area contributed by atoms with E-state index in [9.17, 15) is 0 Å². The lowest BCUT2D eigenvalue weighted by Gasteiger charge is -2.28. The summed E-state index contributed by atoms with van der Waals surface area (Å²) in [6.45, 7) is 8.63. The van der Waals surface area contributed by atoms with Gasteiger partial charge in [-0.25, -0.2) is 0 Å². The van der Waals surface area contributed by atoms with E-state index in [0.29, 0.717) is 0 Å². The summed E-state index contributed by atoms with van der Waals surface area (Å²) in [5.41, 5.74) is 4.97. The van der Waals surface area contributed by atoms with E-state index in [1.54, 1.807) is 0 Å². The maximum atomic E-state index is 3.58. The van der Waals surface area contributed by atoms with Gasteiger partial charge >= 0.3 is 0 Å². The van der Waals surface area contributed by atoms with Crippen molar-refractivity contribution >= 4 is 5.69 Å². The average molecular weight is 239 g/mol. The van der Waals surface area contributed by atoms with Crippen molar-refractivity contribution in [2.24, 2.45) is 0 Å². The minimum Gasteiger partial charge on any atom is -0.376 e. The lowest BCUT2D eigenvalue weighted by Crippen LogP contribution is -2.27. The summed E-state index contributed by atoms with van der Waals surface area (Å²) in [5.74, 6) is 0. The molecule has 0 fully saturated rings. The molecule has 0 spiro atoms. The lowest BCUT2D eigenvalue weighted by atomic mass is 9.93. The van der Waals surface area contributed by atoms with Gasteiger partial charge < -0.3 is 5.32 Å². The minimum absolute atomic E-state index is 0.0665. The molecule has 0 unspecified atom stereocenters. The molecule has 1 nitrogen and oxygen atoms in total. The zero-order valence-electron chi connectivity index (χ0n) is 11.6. The quantitative estimate of drug-likeness (QED) is 0.822. The maximum absolute atomic E-state index is 3.58. The van der Waals surface area contributed by atoms with Crippen LogP contribution in [0.3, 0.4) is 0 Å². The van der Waals surface area contributed by atoms with Crippen molar-refractivity contribution in [3.05, 3.63) is 65.2 Å². The molecule has 2 aromatic carbocycles. The molecule has 18 heavy (non-hydrogen) atoms. The van der Waals surface area contributed by atoms with Gasteiger partial charge in [0.1, 0.15) is 0 Å². The van der Waals surface area contributed by atoms with Gasteiger partial charge in [-0.05, 0) is 45.4 Å². The van der Waals surface area contributed by atoms with Gasteiger partial charge in [0.15, 0.2) is 0 Å². The zero-order valence-corrected chi connectivity index (χ0v) is 11.6. The number of rotatable bonds is 3. The molecule has 1 N–H and O–H groups in total. The van der Waals surface area contributed by atoms with Crippen molar-refractivity contribution in [2.45, 2.75) is 33.2 Å². The number of nitrogens with one attached hydrogen (secondary N) is 1. The molecule has 94 valence electrons. The Bertz CT molecular complexity index is 506. The van der Waals surface area contributed by atoms with Crippen molar-refractivity contribution in [3.63, 3.8) is 0 Å². The first-order chi connectivity index (χ1) is 8.47. The Hall–Kier alpha value is -1.76. The van der Waals surface area contributed by atoms with Crippen LogP contribution in [0.2, 0.25) is 0 Å². The molecule has 0 saturated heterocycles. The summed E-state index contributed by atoms with van der Waals surface area (Å²) in [5, 5.41) is 3.58. The largest absolute Gasteiger partial charge is 0.376 e. The average Bonchev–Trinajstić information content (AvgIpc) is 2.32. The SMILES string of the molecule is Cc1ccc(NC(C)(C)c2ccc(C)cc2)cc1. The topological polar surface area (TPSA) is 12.0 Å². The molecule has 0 aliphatic heterocycles. The van der Waals surface area contributed by atoms with Crippen LogP contribution in [0.15, 0.2) is 48.5 Å². The van der Waals surface area contributed by atoms with Crippen molar-refractivity contribution in [1.82, 2.24) is 0 Å². The van der Waals surface area contributed by atoms with Crippen molar-refractivity contribution in [2.75, 3.05) is 5.32 Å². The summed E-state index contributed by atoms with van der Waals surface area (Å²) in [6.07, 6.45) is 0. The number of hydrogen-bond donors (Lipinski definition) is 1. The van der Waals surface area contributed by atoms with E-state index < -0.39 is 0 Å². The van der Waals surface area contributed by atoms with Crippen LogP contribution in [0.1, 0.15) is 30.5 Å². The summed E-state index contributed by atoms with van der Waals surface area (Å²) in [7, 11) is 0. The third kappa shape index (κ3) is 2.92. The third-order valence-electron chi connectivity index (χ3n) is 3.28. The first-order valence-corrected chi connectivity index (χ1v) is 6.39. The normalized spacial score (nSPS) is 11.3. The number of hydrogen-bond acceptors (Lipinski definition) is 1.